The Balaban J connectivity index is 1.88. The first-order valence-corrected chi connectivity index (χ1v) is 7.29. The largest absolute Gasteiger partial charge is 0.481 e. The lowest BCUT2D eigenvalue weighted by molar-refractivity contribution is -0.148. The highest BCUT2D eigenvalue weighted by atomic mass is 16.4. The van der Waals surface area contributed by atoms with Crippen LogP contribution in [-0.2, 0) is 11.2 Å². The molecule has 4 heteroatoms. The van der Waals surface area contributed by atoms with Crippen molar-refractivity contribution in [1.82, 2.24) is 9.38 Å². The van der Waals surface area contributed by atoms with E-state index in [-0.39, 0.29) is 0 Å². The average Bonchev–Trinajstić information content (AvgIpc) is 3.02. The second-order valence-electron chi connectivity index (χ2n) is 5.98. The number of nitrogens with zero attached hydrogens (tertiary/aromatic N) is 2. The number of hydrogen-bond donors (Lipinski definition) is 1. The second-order valence-corrected chi connectivity index (χ2v) is 5.98. The molecule has 2 heterocycles. The Hall–Kier alpha value is -1.84. The minimum Gasteiger partial charge on any atom is -0.481 e. The van der Waals surface area contributed by atoms with Crippen LogP contribution in [0.3, 0.4) is 0 Å². The third kappa shape index (κ3) is 2.19. The van der Waals surface area contributed by atoms with E-state index in [1.54, 1.807) is 0 Å². The summed E-state index contributed by atoms with van der Waals surface area (Å²) in [4.78, 5) is 16.3. The predicted octanol–water partition coefficient (Wildman–Crippen LogP) is 3.16. The van der Waals surface area contributed by atoms with Crippen LogP contribution in [0.1, 0.15) is 38.3 Å². The summed E-state index contributed by atoms with van der Waals surface area (Å²) in [6, 6.07) is 5.84. The smallest absolute Gasteiger partial charge is 0.310 e. The molecule has 2 aromatic rings. The van der Waals surface area contributed by atoms with Crippen LogP contribution >= 0.6 is 0 Å². The molecular weight excluding hydrogens is 252 g/mol. The standard InChI is InChI=1S/C16H20N2O2/c1-2-12-6-7-16(9-12,15(19)20)10-13-11-18-8-4-3-5-14(18)17-13/h3-5,8,11-12H,2,6-7,9-10H2,1H3,(H,19,20). The number of aromatic nitrogens is 2. The molecule has 1 saturated carbocycles. The molecule has 0 spiro atoms. The Bertz CT molecular complexity index is 601. The molecule has 1 N–H and O–H groups in total. The molecule has 4 nitrogen and oxygen atoms in total. The second kappa shape index (κ2) is 4.93. The van der Waals surface area contributed by atoms with Crippen LogP contribution in [0.2, 0.25) is 0 Å². The van der Waals surface area contributed by atoms with Crippen LogP contribution in [0.4, 0.5) is 0 Å². The Morgan fingerprint density at radius 1 is 1.55 bits per heavy atom. The summed E-state index contributed by atoms with van der Waals surface area (Å²) in [6.45, 7) is 2.15. The maximum Gasteiger partial charge on any atom is 0.310 e. The highest BCUT2D eigenvalue weighted by molar-refractivity contribution is 5.75. The molecule has 2 unspecified atom stereocenters. The number of fused-ring (bicyclic) bond motifs is 1. The lowest BCUT2D eigenvalue weighted by atomic mass is 9.80. The molecule has 1 aliphatic carbocycles. The van der Waals surface area contributed by atoms with E-state index in [0.717, 1.165) is 37.0 Å². The predicted molar refractivity (Wildman–Crippen MR) is 76.6 cm³/mol. The normalized spacial score (nSPS) is 26.1. The monoisotopic (exact) mass is 272 g/mol. The summed E-state index contributed by atoms with van der Waals surface area (Å²) < 4.78 is 1.96. The molecule has 1 fully saturated rings. The van der Waals surface area contributed by atoms with Crippen molar-refractivity contribution in [3.8, 4) is 0 Å². The van der Waals surface area contributed by atoms with Crippen LogP contribution in [0.25, 0.3) is 5.65 Å². The van der Waals surface area contributed by atoms with E-state index in [1.165, 1.54) is 0 Å². The molecule has 0 saturated heterocycles. The zero-order chi connectivity index (χ0) is 14.2. The maximum atomic E-state index is 11.8. The van der Waals surface area contributed by atoms with Gasteiger partial charge in [-0.25, -0.2) is 4.98 Å². The van der Waals surface area contributed by atoms with E-state index < -0.39 is 11.4 Å². The summed E-state index contributed by atoms with van der Waals surface area (Å²) in [5.41, 5.74) is 1.15. The zero-order valence-electron chi connectivity index (χ0n) is 11.7. The van der Waals surface area contributed by atoms with Crippen molar-refractivity contribution >= 4 is 11.6 Å². The number of aliphatic carboxylic acids is 1. The minimum absolute atomic E-state index is 0.542. The molecule has 0 aliphatic heterocycles. The highest BCUT2D eigenvalue weighted by Crippen LogP contribution is 2.45. The van der Waals surface area contributed by atoms with Crippen LogP contribution in [0.15, 0.2) is 30.6 Å². The van der Waals surface area contributed by atoms with Crippen molar-refractivity contribution in [3.63, 3.8) is 0 Å². The van der Waals surface area contributed by atoms with Gasteiger partial charge in [0.05, 0.1) is 11.1 Å². The summed E-state index contributed by atoms with van der Waals surface area (Å²) >= 11 is 0. The Labute approximate surface area is 118 Å². The van der Waals surface area contributed by atoms with Crippen molar-refractivity contribution in [2.45, 2.75) is 39.0 Å². The quantitative estimate of drug-likeness (QED) is 0.930. The van der Waals surface area contributed by atoms with Crippen molar-refractivity contribution in [2.24, 2.45) is 11.3 Å². The first-order valence-electron chi connectivity index (χ1n) is 7.29. The van der Waals surface area contributed by atoms with E-state index >= 15 is 0 Å². The molecule has 2 atom stereocenters. The van der Waals surface area contributed by atoms with Crippen molar-refractivity contribution in [1.29, 1.82) is 0 Å². The van der Waals surface area contributed by atoms with Gasteiger partial charge in [-0.15, -0.1) is 0 Å². The average molecular weight is 272 g/mol. The van der Waals surface area contributed by atoms with E-state index in [2.05, 4.69) is 11.9 Å². The SMILES string of the molecule is CCC1CCC(Cc2cn3ccccc3n2)(C(=O)O)C1. The molecule has 3 rings (SSSR count). The number of rotatable bonds is 4. The van der Waals surface area contributed by atoms with E-state index in [0.29, 0.717) is 12.3 Å². The number of pyridine rings is 1. The molecule has 0 bridgehead atoms. The molecule has 1 aliphatic rings. The molecule has 2 aromatic heterocycles. The van der Waals surface area contributed by atoms with Gasteiger partial charge in [0.15, 0.2) is 0 Å². The van der Waals surface area contributed by atoms with Gasteiger partial charge < -0.3 is 9.51 Å². The van der Waals surface area contributed by atoms with Crippen molar-refractivity contribution < 1.29 is 9.90 Å². The Morgan fingerprint density at radius 2 is 2.40 bits per heavy atom. The van der Waals surface area contributed by atoms with Crippen molar-refractivity contribution in [2.75, 3.05) is 0 Å². The Morgan fingerprint density at radius 3 is 3.05 bits per heavy atom. The summed E-state index contributed by atoms with van der Waals surface area (Å²) in [5.74, 6) is -0.117. The fraction of sp³-hybridized carbons (Fsp3) is 0.500. The third-order valence-corrected chi connectivity index (χ3v) is 4.67. The van der Waals surface area contributed by atoms with Crippen LogP contribution in [-0.4, -0.2) is 20.5 Å². The fourth-order valence-electron chi connectivity index (χ4n) is 3.44. The number of imidazole rings is 1. The number of carboxylic acid groups (broad SMARTS) is 1. The lowest BCUT2D eigenvalue weighted by Gasteiger charge is -2.23. The van der Waals surface area contributed by atoms with Gasteiger partial charge >= 0.3 is 5.97 Å². The van der Waals surface area contributed by atoms with Gasteiger partial charge in [-0.05, 0) is 37.3 Å². The summed E-state index contributed by atoms with van der Waals surface area (Å²) in [7, 11) is 0. The molecule has 106 valence electrons. The van der Waals surface area contributed by atoms with E-state index in [9.17, 15) is 9.90 Å². The summed E-state index contributed by atoms with van der Waals surface area (Å²) in [6.07, 6.45) is 8.10. The van der Waals surface area contributed by atoms with E-state index in [4.69, 9.17) is 0 Å². The number of hydrogen-bond acceptors (Lipinski definition) is 2. The van der Waals surface area contributed by atoms with Gasteiger partial charge in [-0.1, -0.05) is 19.4 Å². The van der Waals surface area contributed by atoms with E-state index in [1.807, 2.05) is 35.0 Å². The van der Waals surface area contributed by atoms with Gasteiger partial charge in [0.25, 0.3) is 0 Å². The number of carbonyl (C=O) groups is 1. The molecule has 0 amide bonds. The molecule has 20 heavy (non-hydrogen) atoms. The first kappa shape index (κ1) is 13.2. The topological polar surface area (TPSA) is 54.6 Å². The van der Waals surface area contributed by atoms with Gasteiger partial charge in [-0.2, -0.15) is 0 Å². The Kier molecular flexibility index (Phi) is 3.24. The molecule has 0 aromatic carbocycles. The minimum atomic E-state index is -0.662. The highest BCUT2D eigenvalue weighted by Gasteiger charge is 2.45. The fourth-order valence-corrected chi connectivity index (χ4v) is 3.44. The van der Waals surface area contributed by atoms with Gasteiger partial charge in [0.1, 0.15) is 5.65 Å². The van der Waals surface area contributed by atoms with Gasteiger partial charge in [0, 0.05) is 18.8 Å². The number of carboxylic acids is 1. The van der Waals surface area contributed by atoms with Crippen LogP contribution in [0.5, 0.6) is 0 Å². The lowest BCUT2D eigenvalue weighted by Crippen LogP contribution is -2.31. The summed E-state index contributed by atoms with van der Waals surface area (Å²) in [5, 5.41) is 9.68. The van der Waals surface area contributed by atoms with Crippen LogP contribution < -0.4 is 0 Å². The third-order valence-electron chi connectivity index (χ3n) is 4.67. The molecule has 0 radical (unpaired) electrons. The van der Waals surface area contributed by atoms with Gasteiger partial charge in [-0.3, -0.25) is 4.79 Å². The van der Waals surface area contributed by atoms with Crippen molar-refractivity contribution in [3.05, 3.63) is 36.3 Å². The first-order chi connectivity index (χ1) is 9.63. The zero-order valence-corrected chi connectivity index (χ0v) is 11.7. The van der Waals surface area contributed by atoms with Crippen LogP contribution in [0, 0.1) is 11.3 Å². The maximum absolute atomic E-state index is 11.8. The van der Waals surface area contributed by atoms with Gasteiger partial charge in [0.2, 0.25) is 0 Å². The molecular formula is C16H20N2O2.